The Labute approximate surface area is 171 Å². The lowest BCUT2D eigenvalue weighted by Crippen LogP contribution is -2.27. The van der Waals surface area contributed by atoms with Crippen LogP contribution in [0.25, 0.3) is 0 Å². The van der Waals surface area contributed by atoms with Crippen molar-refractivity contribution in [1.82, 2.24) is 4.90 Å². The largest absolute Gasteiger partial charge is 0.494 e. The molecule has 0 aliphatic heterocycles. The van der Waals surface area contributed by atoms with E-state index in [0.29, 0.717) is 37.6 Å². The topological polar surface area (TPSA) is 58.6 Å². The molecule has 2 aromatic carbocycles. The molecule has 0 radical (unpaired) electrons. The molecule has 0 heterocycles. The molecule has 0 aliphatic rings. The SMILES string of the molecule is CCN(Cc1cccc(NC(=O)CCCOc2ccc(Cl)c(C)c2)c1)C(C)=O. The molecule has 0 saturated carbocycles. The predicted octanol–water partition coefficient (Wildman–Crippen LogP) is 4.81. The summed E-state index contributed by atoms with van der Waals surface area (Å²) in [5, 5.41) is 3.61. The Morgan fingerprint density at radius 3 is 2.64 bits per heavy atom. The second-order valence-corrected chi connectivity index (χ2v) is 7.05. The molecule has 5 nitrogen and oxygen atoms in total. The molecule has 0 unspecified atom stereocenters. The molecule has 0 aliphatic carbocycles. The number of nitrogens with one attached hydrogen (secondary N) is 1. The molecule has 2 rings (SSSR count). The molecule has 0 atom stereocenters. The first kappa shape index (κ1) is 21.8. The highest BCUT2D eigenvalue weighted by Gasteiger charge is 2.08. The molecule has 150 valence electrons. The maximum atomic E-state index is 12.2. The van der Waals surface area contributed by atoms with Gasteiger partial charge in [0.2, 0.25) is 11.8 Å². The van der Waals surface area contributed by atoms with Crippen LogP contribution in [-0.4, -0.2) is 29.9 Å². The normalized spacial score (nSPS) is 10.4. The number of aryl methyl sites for hydroxylation is 1. The van der Waals surface area contributed by atoms with Crippen LogP contribution < -0.4 is 10.1 Å². The number of hydrogen-bond acceptors (Lipinski definition) is 3. The van der Waals surface area contributed by atoms with Crippen LogP contribution in [-0.2, 0) is 16.1 Å². The average molecular weight is 403 g/mol. The minimum absolute atomic E-state index is 0.0350. The summed E-state index contributed by atoms with van der Waals surface area (Å²) >= 11 is 6.00. The quantitative estimate of drug-likeness (QED) is 0.612. The number of amides is 2. The zero-order valence-corrected chi connectivity index (χ0v) is 17.4. The van der Waals surface area contributed by atoms with Gasteiger partial charge in [0, 0.05) is 37.1 Å². The minimum atomic E-state index is -0.0630. The van der Waals surface area contributed by atoms with Crippen LogP contribution in [0, 0.1) is 6.92 Å². The van der Waals surface area contributed by atoms with Gasteiger partial charge in [0.05, 0.1) is 6.61 Å². The minimum Gasteiger partial charge on any atom is -0.494 e. The summed E-state index contributed by atoms with van der Waals surface area (Å²) in [6, 6.07) is 13.1. The molecular formula is C22H27ClN2O3. The van der Waals surface area contributed by atoms with Crippen LogP contribution in [0.3, 0.4) is 0 Å². The van der Waals surface area contributed by atoms with Gasteiger partial charge < -0.3 is 15.0 Å². The van der Waals surface area contributed by atoms with E-state index in [2.05, 4.69) is 5.32 Å². The highest BCUT2D eigenvalue weighted by molar-refractivity contribution is 6.31. The van der Waals surface area contributed by atoms with Crippen LogP contribution in [0.1, 0.15) is 37.8 Å². The Morgan fingerprint density at radius 2 is 1.96 bits per heavy atom. The van der Waals surface area contributed by atoms with E-state index in [9.17, 15) is 9.59 Å². The van der Waals surface area contributed by atoms with Gasteiger partial charge in [-0.1, -0.05) is 23.7 Å². The maximum absolute atomic E-state index is 12.2. The monoisotopic (exact) mass is 402 g/mol. The van der Waals surface area contributed by atoms with Crippen molar-refractivity contribution >= 4 is 29.1 Å². The van der Waals surface area contributed by atoms with Crippen LogP contribution in [0.15, 0.2) is 42.5 Å². The molecule has 0 saturated heterocycles. The van der Waals surface area contributed by atoms with Gasteiger partial charge in [0.25, 0.3) is 0 Å². The lowest BCUT2D eigenvalue weighted by atomic mass is 10.1. The number of rotatable bonds is 9. The van der Waals surface area contributed by atoms with Gasteiger partial charge in [-0.2, -0.15) is 0 Å². The molecule has 2 amide bonds. The van der Waals surface area contributed by atoms with Gasteiger partial charge >= 0.3 is 0 Å². The number of nitrogens with zero attached hydrogens (tertiary/aromatic N) is 1. The van der Waals surface area contributed by atoms with Gasteiger partial charge in [-0.05, 0) is 61.7 Å². The fraction of sp³-hybridized carbons (Fsp3) is 0.364. The van der Waals surface area contributed by atoms with Crippen molar-refractivity contribution in [2.45, 2.75) is 40.2 Å². The van der Waals surface area contributed by atoms with E-state index >= 15 is 0 Å². The van der Waals surface area contributed by atoms with E-state index in [1.165, 1.54) is 0 Å². The van der Waals surface area contributed by atoms with Crippen molar-refractivity contribution in [2.24, 2.45) is 0 Å². The van der Waals surface area contributed by atoms with E-state index in [4.69, 9.17) is 16.3 Å². The maximum Gasteiger partial charge on any atom is 0.224 e. The van der Waals surface area contributed by atoms with Crippen molar-refractivity contribution in [3.05, 3.63) is 58.6 Å². The van der Waals surface area contributed by atoms with E-state index in [-0.39, 0.29) is 11.8 Å². The third-order valence-corrected chi connectivity index (χ3v) is 4.78. The molecule has 2 aromatic rings. The fourth-order valence-electron chi connectivity index (χ4n) is 2.77. The highest BCUT2D eigenvalue weighted by Crippen LogP contribution is 2.21. The summed E-state index contributed by atoms with van der Waals surface area (Å²) in [5.41, 5.74) is 2.68. The number of carbonyl (C=O) groups is 2. The number of carbonyl (C=O) groups excluding carboxylic acids is 2. The summed E-state index contributed by atoms with van der Waals surface area (Å²) in [6.07, 6.45) is 0.979. The molecule has 0 fully saturated rings. The van der Waals surface area contributed by atoms with Crippen molar-refractivity contribution < 1.29 is 14.3 Å². The third kappa shape index (κ3) is 6.89. The Morgan fingerprint density at radius 1 is 1.18 bits per heavy atom. The summed E-state index contributed by atoms with van der Waals surface area (Å²) in [4.78, 5) is 25.5. The number of anilines is 1. The Hall–Kier alpha value is -2.53. The molecule has 1 N–H and O–H groups in total. The molecule has 6 heteroatoms. The summed E-state index contributed by atoms with van der Waals surface area (Å²) < 4.78 is 5.66. The van der Waals surface area contributed by atoms with E-state index < -0.39 is 0 Å². The smallest absolute Gasteiger partial charge is 0.224 e. The molecule has 28 heavy (non-hydrogen) atoms. The standard InChI is InChI=1S/C22H27ClN2O3/c1-4-25(17(3)26)15-18-7-5-8-19(14-18)24-22(27)9-6-12-28-20-10-11-21(23)16(2)13-20/h5,7-8,10-11,13-14H,4,6,9,12,15H2,1-3H3,(H,24,27). The van der Waals surface area contributed by atoms with E-state index in [1.807, 2.05) is 50.2 Å². The van der Waals surface area contributed by atoms with Crippen LogP contribution in [0.5, 0.6) is 5.75 Å². The molecule has 0 bridgehead atoms. The lowest BCUT2D eigenvalue weighted by molar-refractivity contribution is -0.129. The van der Waals surface area contributed by atoms with Gasteiger partial charge in [0.15, 0.2) is 0 Å². The first-order chi connectivity index (χ1) is 13.4. The molecule has 0 spiro atoms. The third-order valence-electron chi connectivity index (χ3n) is 4.36. The van der Waals surface area contributed by atoms with Gasteiger partial charge in [0.1, 0.15) is 5.75 Å². The Bertz CT molecular complexity index is 823. The Kier molecular flexibility index (Phi) is 8.33. The average Bonchev–Trinajstić information content (AvgIpc) is 2.66. The van der Waals surface area contributed by atoms with Gasteiger partial charge in [-0.3, -0.25) is 9.59 Å². The summed E-state index contributed by atoms with van der Waals surface area (Å²) in [5.74, 6) is 0.723. The number of halogens is 1. The highest BCUT2D eigenvalue weighted by atomic mass is 35.5. The van der Waals surface area contributed by atoms with Crippen LogP contribution in [0.2, 0.25) is 5.02 Å². The van der Waals surface area contributed by atoms with Crippen LogP contribution >= 0.6 is 11.6 Å². The summed E-state index contributed by atoms with van der Waals surface area (Å²) in [7, 11) is 0. The van der Waals surface area contributed by atoms with Crippen molar-refractivity contribution in [1.29, 1.82) is 0 Å². The molecular weight excluding hydrogens is 376 g/mol. The molecule has 0 aromatic heterocycles. The first-order valence-corrected chi connectivity index (χ1v) is 9.80. The second-order valence-electron chi connectivity index (χ2n) is 6.64. The van der Waals surface area contributed by atoms with Crippen LogP contribution in [0.4, 0.5) is 5.69 Å². The zero-order chi connectivity index (χ0) is 20.5. The van der Waals surface area contributed by atoms with Crippen molar-refractivity contribution in [3.63, 3.8) is 0 Å². The van der Waals surface area contributed by atoms with E-state index in [1.54, 1.807) is 17.9 Å². The van der Waals surface area contributed by atoms with Crippen molar-refractivity contribution in [3.8, 4) is 5.75 Å². The van der Waals surface area contributed by atoms with Gasteiger partial charge in [-0.25, -0.2) is 0 Å². The van der Waals surface area contributed by atoms with E-state index in [0.717, 1.165) is 22.6 Å². The second kappa shape index (κ2) is 10.7. The predicted molar refractivity (Wildman–Crippen MR) is 113 cm³/mol. The van der Waals surface area contributed by atoms with Gasteiger partial charge in [-0.15, -0.1) is 0 Å². The first-order valence-electron chi connectivity index (χ1n) is 9.42. The summed E-state index contributed by atoms with van der Waals surface area (Å²) in [6.45, 7) is 7.07. The zero-order valence-electron chi connectivity index (χ0n) is 16.6. The Balaban J connectivity index is 1.78. The van der Waals surface area contributed by atoms with Crippen molar-refractivity contribution in [2.75, 3.05) is 18.5 Å². The fourth-order valence-corrected chi connectivity index (χ4v) is 2.88. The number of benzene rings is 2. The number of ether oxygens (including phenoxy) is 1. The number of hydrogen-bond donors (Lipinski definition) is 1. The lowest BCUT2D eigenvalue weighted by Gasteiger charge is -2.19.